The molecule has 0 aliphatic carbocycles. The number of methoxy groups -OCH3 is 1. The Hall–Kier alpha value is -1.76. The average Bonchev–Trinajstić information content (AvgIpc) is 2.26. The number of nitrogens with zero attached hydrogens (tertiary/aromatic N) is 1. The fourth-order valence-electron chi connectivity index (χ4n) is 1.22. The van der Waals surface area contributed by atoms with Crippen molar-refractivity contribution in [1.82, 2.24) is 4.98 Å². The van der Waals surface area contributed by atoms with Gasteiger partial charge in [0.05, 0.1) is 12.7 Å². The molecular formula is C9H10F2N2O3. The second-order valence-corrected chi connectivity index (χ2v) is 2.90. The minimum absolute atomic E-state index is 0.0450. The van der Waals surface area contributed by atoms with E-state index >= 15 is 0 Å². The molecule has 88 valence electrons. The van der Waals surface area contributed by atoms with Crippen molar-refractivity contribution in [1.29, 1.82) is 0 Å². The van der Waals surface area contributed by atoms with Crippen LogP contribution in [0.2, 0.25) is 0 Å². The van der Waals surface area contributed by atoms with Crippen molar-refractivity contribution in [3.05, 3.63) is 22.9 Å². The molecule has 0 saturated heterocycles. The standard InChI is InChI=1S/C9H10F2N2O3/c1-16-8-5(7(10)11)2-4(3-12)6(13-8)9(14)15/h2,7H,3,12H2,1H3,(H,14,15). The van der Waals surface area contributed by atoms with Crippen molar-refractivity contribution in [2.45, 2.75) is 13.0 Å². The Balaban J connectivity index is 3.40. The lowest BCUT2D eigenvalue weighted by molar-refractivity contribution is 0.0687. The maximum Gasteiger partial charge on any atom is 0.354 e. The van der Waals surface area contributed by atoms with Crippen molar-refractivity contribution in [2.75, 3.05) is 7.11 Å². The van der Waals surface area contributed by atoms with Crippen LogP contribution in [0.3, 0.4) is 0 Å². The quantitative estimate of drug-likeness (QED) is 0.814. The van der Waals surface area contributed by atoms with E-state index in [4.69, 9.17) is 10.8 Å². The Morgan fingerprint density at radius 1 is 1.69 bits per heavy atom. The fourth-order valence-corrected chi connectivity index (χ4v) is 1.22. The highest BCUT2D eigenvalue weighted by atomic mass is 19.3. The normalized spacial score (nSPS) is 10.6. The van der Waals surface area contributed by atoms with E-state index in [0.29, 0.717) is 0 Å². The Morgan fingerprint density at radius 3 is 2.69 bits per heavy atom. The van der Waals surface area contributed by atoms with Crippen LogP contribution in [0.4, 0.5) is 8.78 Å². The molecule has 0 aromatic carbocycles. The molecule has 0 fully saturated rings. The summed E-state index contributed by atoms with van der Waals surface area (Å²) in [7, 11) is 1.14. The van der Waals surface area contributed by atoms with Crippen molar-refractivity contribution in [3.8, 4) is 5.88 Å². The number of aromatic carboxylic acids is 1. The molecular weight excluding hydrogens is 222 g/mol. The van der Waals surface area contributed by atoms with Gasteiger partial charge in [0.15, 0.2) is 5.69 Å². The van der Waals surface area contributed by atoms with Gasteiger partial charge in [-0.2, -0.15) is 0 Å². The number of hydrogen-bond acceptors (Lipinski definition) is 4. The van der Waals surface area contributed by atoms with Crippen LogP contribution in [-0.4, -0.2) is 23.2 Å². The van der Waals surface area contributed by atoms with Gasteiger partial charge in [-0.25, -0.2) is 18.6 Å². The topological polar surface area (TPSA) is 85.4 Å². The Kier molecular flexibility index (Phi) is 3.73. The van der Waals surface area contributed by atoms with Gasteiger partial charge < -0.3 is 15.6 Å². The molecule has 0 aliphatic heterocycles. The predicted octanol–water partition coefficient (Wildman–Crippen LogP) is 1.18. The van der Waals surface area contributed by atoms with Crippen LogP contribution in [0, 0.1) is 0 Å². The molecule has 7 heteroatoms. The van der Waals surface area contributed by atoms with Crippen LogP contribution in [0.5, 0.6) is 5.88 Å². The molecule has 0 spiro atoms. The molecule has 1 aromatic heterocycles. The number of halogens is 2. The maximum atomic E-state index is 12.6. The number of ether oxygens (including phenoxy) is 1. The number of alkyl halides is 2. The van der Waals surface area contributed by atoms with Crippen LogP contribution in [-0.2, 0) is 6.54 Å². The van der Waals surface area contributed by atoms with Gasteiger partial charge in [-0.15, -0.1) is 0 Å². The van der Waals surface area contributed by atoms with Gasteiger partial charge in [0.2, 0.25) is 5.88 Å². The SMILES string of the molecule is COc1nc(C(=O)O)c(CN)cc1C(F)F. The highest BCUT2D eigenvalue weighted by molar-refractivity contribution is 5.87. The molecule has 0 atom stereocenters. The number of carboxylic acids is 1. The van der Waals surface area contributed by atoms with Crippen molar-refractivity contribution in [3.63, 3.8) is 0 Å². The lowest BCUT2D eigenvalue weighted by Gasteiger charge is -2.10. The molecule has 16 heavy (non-hydrogen) atoms. The zero-order valence-electron chi connectivity index (χ0n) is 8.41. The lowest BCUT2D eigenvalue weighted by atomic mass is 10.1. The van der Waals surface area contributed by atoms with E-state index in [1.807, 2.05) is 0 Å². The van der Waals surface area contributed by atoms with E-state index in [2.05, 4.69) is 9.72 Å². The third-order valence-corrected chi connectivity index (χ3v) is 1.95. The number of hydrogen-bond donors (Lipinski definition) is 2. The summed E-state index contributed by atoms with van der Waals surface area (Å²) in [6, 6.07) is 1.000. The molecule has 1 rings (SSSR count). The molecule has 0 amide bonds. The molecule has 0 saturated carbocycles. The minimum Gasteiger partial charge on any atom is -0.481 e. The molecule has 0 aliphatic rings. The first-order valence-corrected chi connectivity index (χ1v) is 4.30. The van der Waals surface area contributed by atoms with Gasteiger partial charge in [-0.3, -0.25) is 0 Å². The minimum atomic E-state index is -2.80. The first-order valence-electron chi connectivity index (χ1n) is 4.30. The van der Waals surface area contributed by atoms with E-state index in [1.54, 1.807) is 0 Å². The summed E-state index contributed by atoms with van der Waals surface area (Å²) < 4.78 is 29.7. The third-order valence-electron chi connectivity index (χ3n) is 1.95. The monoisotopic (exact) mass is 232 g/mol. The molecule has 3 N–H and O–H groups in total. The summed E-state index contributed by atoms with van der Waals surface area (Å²) in [4.78, 5) is 14.3. The van der Waals surface area contributed by atoms with Crippen molar-refractivity contribution < 1.29 is 23.4 Å². The number of aromatic nitrogens is 1. The number of nitrogens with two attached hydrogens (primary N) is 1. The smallest absolute Gasteiger partial charge is 0.354 e. The third kappa shape index (κ3) is 2.25. The van der Waals surface area contributed by atoms with Gasteiger partial charge in [0.25, 0.3) is 6.43 Å². The average molecular weight is 232 g/mol. The fraction of sp³-hybridized carbons (Fsp3) is 0.333. The van der Waals surface area contributed by atoms with E-state index in [-0.39, 0.29) is 17.8 Å². The lowest BCUT2D eigenvalue weighted by Crippen LogP contribution is -2.12. The zero-order chi connectivity index (χ0) is 12.3. The van der Waals surface area contributed by atoms with Gasteiger partial charge in [0, 0.05) is 6.54 Å². The van der Waals surface area contributed by atoms with Gasteiger partial charge >= 0.3 is 5.97 Å². The summed E-state index contributed by atoms with van der Waals surface area (Å²) in [5.74, 6) is -1.73. The van der Waals surface area contributed by atoms with Crippen molar-refractivity contribution >= 4 is 5.97 Å². The van der Waals surface area contributed by atoms with Gasteiger partial charge in [0.1, 0.15) is 0 Å². The molecule has 1 heterocycles. The highest BCUT2D eigenvalue weighted by Gasteiger charge is 2.21. The molecule has 0 radical (unpaired) electrons. The highest BCUT2D eigenvalue weighted by Crippen LogP contribution is 2.29. The number of rotatable bonds is 4. The van der Waals surface area contributed by atoms with E-state index in [1.165, 1.54) is 0 Å². The number of carboxylic acid groups (broad SMARTS) is 1. The molecule has 0 unspecified atom stereocenters. The van der Waals surface area contributed by atoms with Crippen molar-refractivity contribution in [2.24, 2.45) is 5.73 Å². The molecule has 1 aromatic rings. The maximum absolute atomic E-state index is 12.6. The Bertz CT molecular complexity index is 410. The summed E-state index contributed by atoms with van der Waals surface area (Å²) in [6.45, 7) is -0.182. The Morgan fingerprint density at radius 2 is 2.31 bits per heavy atom. The second kappa shape index (κ2) is 4.84. The summed E-state index contributed by atoms with van der Waals surface area (Å²) >= 11 is 0. The molecule has 5 nitrogen and oxygen atoms in total. The van der Waals surface area contributed by atoms with Gasteiger partial charge in [-0.05, 0) is 11.6 Å². The largest absolute Gasteiger partial charge is 0.481 e. The van der Waals surface area contributed by atoms with E-state index in [9.17, 15) is 13.6 Å². The van der Waals surface area contributed by atoms with E-state index in [0.717, 1.165) is 13.2 Å². The van der Waals surface area contributed by atoms with Crippen LogP contribution in [0.15, 0.2) is 6.07 Å². The van der Waals surface area contributed by atoms with E-state index < -0.39 is 23.8 Å². The summed E-state index contributed by atoms with van der Waals surface area (Å²) in [5.41, 5.74) is 4.47. The van der Waals surface area contributed by atoms with Crippen LogP contribution < -0.4 is 10.5 Å². The molecule has 0 bridgehead atoms. The first-order chi connectivity index (χ1) is 7.51. The number of pyridine rings is 1. The van der Waals surface area contributed by atoms with Gasteiger partial charge in [-0.1, -0.05) is 0 Å². The number of carbonyl (C=O) groups is 1. The van der Waals surface area contributed by atoms with Crippen LogP contribution >= 0.6 is 0 Å². The Labute approximate surface area is 89.9 Å². The second-order valence-electron chi connectivity index (χ2n) is 2.90. The first kappa shape index (κ1) is 12.3. The predicted molar refractivity (Wildman–Crippen MR) is 50.6 cm³/mol. The zero-order valence-corrected chi connectivity index (χ0v) is 8.41. The van der Waals surface area contributed by atoms with Crippen LogP contribution in [0.25, 0.3) is 0 Å². The summed E-state index contributed by atoms with van der Waals surface area (Å²) in [5, 5.41) is 8.79. The van der Waals surface area contributed by atoms with Crippen LogP contribution in [0.1, 0.15) is 28.0 Å². The summed E-state index contributed by atoms with van der Waals surface area (Å²) in [6.07, 6.45) is -2.80.